The van der Waals surface area contributed by atoms with Crippen molar-refractivity contribution < 1.29 is 9.52 Å². The normalized spacial score (nSPS) is 10.9. The number of benzene rings is 2. The molecule has 0 spiro atoms. The van der Waals surface area contributed by atoms with Crippen molar-refractivity contribution in [2.75, 3.05) is 18.5 Å². The minimum atomic E-state index is 0.105. The van der Waals surface area contributed by atoms with Crippen LogP contribution in [0.5, 0.6) is 0 Å². The number of nitrogens with one attached hydrogen (secondary N) is 1. The molecule has 0 saturated heterocycles. The standard InChI is InChI=1S/C15H13ClN2O2/c16-11-3-6-14-13(9-11)18-15(20-14)10-1-4-12(5-2-10)17-7-8-19/h1-6,9,17,19H,7-8H2. The predicted molar refractivity (Wildman–Crippen MR) is 80.0 cm³/mol. The van der Waals surface area contributed by atoms with Crippen LogP contribution in [0.1, 0.15) is 0 Å². The molecule has 0 amide bonds. The zero-order chi connectivity index (χ0) is 13.9. The molecule has 0 atom stereocenters. The van der Waals surface area contributed by atoms with E-state index in [-0.39, 0.29) is 6.61 Å². The molecule has 20 heavy (non-hydrogen) atoms. The Bertz CT molecular complexity index is 722. The van der Waals surface area contributed by atoms with Crippen molar-refractivity contribution >= 4 is 28.4 Å². The van der Waals surface area contributed by atoms with Gasteiger partial charge < -0.3 is 14.8 Å². The lowest BCUT2D eigenvalue weighted by molar-refractivity contribution is 0.311. The number of oxazole rings is 1. The summed E-state index contributed by atoms with van der Waals surface area (Å²) in [5, 5.41) is 12.5. The largest absolute Gasteiger partial charge is 0.436 e. The summed E-state index contributed by atoms with van der Waals surface area (Å²) in [6, 6.07) is 13.1. The molecule has 5 heteroatoms. The number of aromatic nitrogens is 1. The van der Waals surface area contributed by atoms with Crippen LogP contribution >= 0.6 is 11.6 Å². The number of rotatable bonds is 4. The van der Waals surface area contributed by atoms with Crippen molar-refractivity contribution in [1.82, 2.24) is 4.98 Å². The quantitative estimate of drug-likeness (QED) is 0.771. The first-order valence-corrected chi connectivity index (χ1v) is 6.65. The molecule has 0 bridgehead atoms. The molecule has 2 aromatic carbocycles. The summed E-state index contributed by atoms with van der Waals surface area (Å²) < 4.78 is 5.70. The van der Waals surface area contributed by atoms with Gasteiger partial charge in [0.15, 0.2) is 5.58 Å². The Morgan fingerprint density at radius 2 is 1.95 bits per heavy atom. The first-order valence-electron chi connectivity index (χ1n) is 6.27. The molecule has 3 rings (SSSR count). The molecule has 0 aliphatic heterocycles. The van der Waals surface area contributed by atoms with Crippen LogP contribution in [-0.4, -0.2) is 23.2 Å². The maximum atomic E-state index is 8.76. The van der Waals surface area contributed by atoms with E-state index in [9.17, 15) is 0 Å². The number of fused-ring (bicyclic) bond motifs is 1. The fraction of sp³-hybridized carbons (Fsp3) is 0.133. The highest BCUT2D eigenvalue weighted by atomic mass is 35.5. The first-order chi connectivity index (χ1) is 9.76. The Labute approximate surface area is 121 Å². The lowest BCUT2D eigenvalue weighted by Crippen LogP contribution is -2.04. The number of anilines is 1. The van der Waals surface area contributed by atoms with E-state index in [1.54, 1.807) is 12.1 Å². The van der Waals surface area contributed by atoms with E-state index in [0.29, 0.717) is 23.0 Å². The van der Waals surface area contributed by atoms with Gasteiger partial charge in [-0.05, 0) is 42.5 Å². The van der Waals surface area contributed by atoms with Crippen molar-refractivity contribution in [2.45, 2.75) is 0 Å². The maximum Gasteiger partial charge on any atom is 0.227 e. The number of halogens is 1. The number of aliphatic hydroxyl groups is 1. The van der Waals surface area contributed by atoms with E-state index in [4.69, 9.17) is 21.1 Å². The zero-order valence-corrected chi connectivity index (χ0v) is 11.4. The Morgan fingerprint density at radius 1 is 1.15 bits per heavy atom. The van der Waals surface area contributed by atoms with Gasteiger partial charge in [-0.3, -0.25) is 0 Å². The Kier molecular flexibility index (Phi) is 3.58. The smallest absolute Gasteiger partial charge is 0.227 e. The van der Waals surface area contributed by atoms with Crippen molar-refractivity contribution in [3.63, 3.8) is 0 Å². The van der Waals surface area contributed by atoms with Crippen LogP contribution in [0, 0.1) is 0 Å². The molecule has 0 aliphatic carbocycles. The highest BCUT2D eigenvalue weighted by molar-refractivity contribution is 6.31. The molecule has 3 aromatic rings. The van der Waals surface area contributed by atoms with Gasteiger partial charge >= 0.3 is 0 Å². The van der Waals surface area contributed by atoms with Crippen molar-refractivity contribution in [3.8, 4) is 11.5 Å². The third-order valence-electron chi connectivity index (χ3n) is 2.92. The van der Waals surface area contributed by atoms with Gasteiger partial charge in [0.2, 0.25) is 5.89 Å². The van der Waals surface area contributed by atoms with E-state index in [1.807, 2.05) is 30.3 Å². The van der Waals surface area contributed by atoms with E-state index < -0.39 is 0 Å². The van der Waals surface area contributed by atoms with Gasteiger partial charge in [-0.1, -0.05) is 11.6 Å². The van der Waals surface area contributed by atoms with Gasteiger partial charge in [-0.25, -0.2) is 4.98 Å². The zero-order valence-electron chi connectivity index (χ0n) is 10.6. The predicted octanol–water partition coefficient (Wildman–Crippen LogP) is 3.55. The molecular weight excluding hydrogens is 276 g/mol. The highest BCUT2D eigenvalue weighted by Crippen LogP contribution is 2.26. The minimum absolute atomic E-state index is 0.105. The molecule has 0 saturated carbocycles. The lowest BCUT2D eigenvalue weighted by Gasteiger charge is -2.04. The molecule has 0 unspecified atom stereocenters. The second-order valence-electron chi connectivity index (χ2n) is 4.36. The second-order valence-corrected chi connectivity index (χ2v) is 4.80. The number of hydrogen-bond donors (Lipinski definition) is 2. The summed E-state index contributed by atoms with van der Waals surface area (Å²) in [6.07, 6.45) is 0. The number of hydrogen-bond acceptors (Lipinski definition) is 4. The van der Waals surface area contributed by atoms with Gasteiger partial charge in [-0.15, -0.1) is 0 Å². The monoisotopic (exact) mass is 288 g/mol. The highest BCUT2D eigenvalue weighted by Gasteiger charge is 2.08. The van der Waals surface area contributed by atoms with Crippen LogP contribution in [0.3, 0.4) is 0 Å². The fourth-order valence-corrected chi connectivity index (χ4v) is 2.12. The van der Waals surface area contributed by atoms with Gasteiger partial charge in [0, 0.05) is 22.8 Å². The molecule has 102 valence electrons. The summed E-state index contributed by atoms with van der Waals surface area (Å²) in [4.78, 5) is 4.42. The van der Waals surface area contributed by atoms with E-state index in [2.05, 4.69) is 10.3 Å². The van der Waals surface area contributed by atoms with Gasteiger partial charge in [0.05, 0.1) is 6.61 Å². The fourth-order valence-electron chi connectivity index (χ4n) is 1.95. The summed E-state index contributed by atoms with van der Waals surface area (Å²) in [5.74, 6) is 0.566. The Morgan fingerprint density at radius 3 is 2.70 bits per heavy atom. The Balaban J connectivity index is 1.90. The molecule has 1 aromatic heterocycles. The SMILES string of the molecule is OCCNc1ccc(-c2nc3cc(Cl)ccc3o2)cc1. The average molecular weight is 289 g/mol. The van der Waals surface area contributed by atoms with Crippen LogP contribution < -0.4 is 5.32 Å². The maximum absolute atomic E-state index is 8.76. The topological polar surface area (TPSA) is 58.3 Å². The number of nitrogens with zero attached hydrogens (tertiary/aromatic N) is 1. The summed E-state index contributed by atoms with van der Waals surface area (Å²) in [5.41, 5.74) is 3.30. The van der Waals surface area contributed by atoms with E-state index in [0.717, 1.165) is 16.8 Å². The average Bonchev–Trinajstić information content (AvgIpc) is 2.88. The van der Waals surface area contributed by atoms with Crippen molar-refractivity contribution in [3.05, 3.63) is 47.5 Å². The van der Waals surface area contributed by atoms with Crippen LogP contribution in [0.4, 0.5) is 5.69 Å². The third kappa shape index (κ3) is 2.61. The summed E-state index contributed by atoms with van der Waals surface area (Å²) >= 11 is 5.93. The van der Waals surface area contributed by atoms with Gasteiger partial charge in [0.25, 0.3) is 0 Å². The molecule has 2 N–H and O–H groups in total. The minimum Gasteiger partial charge on any atom is -0.436 e. The van der Waals surface area contributed by atoms with E-state index >= 15 is 0 Å². The molecular formula is C15H13ClN2O2. The Hall–Kier alpha value is -2.04. The van der Waals surface area contributed by atoms with E-state index in [1.165, 1.54) is 0 Å². The van der Waals surface area contributed by atoms with Crippen LogP contribution in [0.2, 0.25) is 5.02 Å². The van der Waals surface area contributed by atoms with Gasteiger partial charge in [0.1, 0.15) is 5.52 Å². The second kappa shape index (κ2) is 5.53. The summed E-state index contributed by atoms with van der Waals surface area (Å²) in [6.45, 7) is 0.633. The lowest BCUT2D eigenvalue weighted by atomic mass is 10.2. The molecule has 0 fully saturated rings. The van der Waals surface area contributed by atoms with Crippen molar-refractivity contribution in [2.24, 2.45) is 0 Å². The first kappa shape index (κ1) is 13.0. The molecule has 1 heterocycles. The third-order valence-corrected chi connectivity index (χ3v) is 3.16. The van der Waals surface area contributed by atoms with Crippen molar-refractivity contribution in [1.29, 1.82) is 0 Å². The molecule has 0 radical (unpaired) electrons. The van der Waals surface area contributed by atoms with Crippen LogP contribution in [0.15, 0.2) is 46.9 Å². The van der Waals surface area contributed by atoms with Crippen LogP contribution in [-0.2, 0) is 0 Å². The van der Waals surface area contributed by atoms with Crippen LogP contribution in [0.25, 0.3) is 22.6 Å². The molecule has 4 nitrogen and oxygen atoms in total. The number of aliphatic hydroxyl groups excluding tert-OH is 1. The molecule has 0 aliphatic rings. The van der Waals surface area contributed by atoms with Gasteiger partial charge in [-0.2, -0.15) is 0 Å². The summed E-state index contributed by atoms with van der Waals surface area (Å²) in [7, 11) is 0.